The van der Waals surface area contributed by atoms with E-state index in [1.807, 2.05) is 11.4 Å². The lowest BCUT2D eigenvalue weighted by atomic mass is 9.71. The van der Waals surface area contributed by atoms with Crippen LogP contribution in [0.3, 0.4) is 0 Å². The van der Waals surface area contributed by atoms with E-state index in [0.29, 0.717) is 12.8 Å². The molecule has 2 bridgehead atoms. The average Bonchev–Trinajstić information content (AvgIpc) is 2.96. The highest BCUT2D eigenvalue weighted by Gasteiger charge is 2.57. The van der Waals surface area contributed by atoms with E-state index >= 15 is 0 Å². The van der Waals surface area contributed by atoms with Crippen LogP contribution in [-0.2, 0) is 16.0 Å². The molecule has 5 heteroatoms. The van der Waals surface area contributed by atoms with E-state index in [1.54, 1.807) is 11.3 Å². The fraction of sp³-hybridized carbons (Fsp3) is 0.583. The summed E-state index contributed by atoms with van der Waals surface area (Å²) in [7, 11) is 0. The molecule has 2 aliphatic rings. The van der Waals surface area contributed by atoms with Crippen LogP contribution in [0, 0.1) is 5.41 Å². The standard InChI is InChI=1S/C12H13BrO3S/c13-8-3-4-17-9(8)6-12(11(14)15)5-7-1-2-10(12)16-7/h3-4,7,10H,1-2,5-6H2,(H,14,15). The smallest absolute Gasteiger partial charge is 0.312 e. The molecule has 17 heavy (non-hydrogen) atoms. The second kappa shape index (κ2) is 4.07. The zero-order valence-corrected chi connectivity index (χ0v) is 11.6. The molecule has 1 aromatic rings. The van der Waals surface area contributed by atoms with Gasteiger partial charge in [0.2, 0.25) is 0 Å². The summed E-state index contributed by atoms with van der Waals surface area (Å²) in [5.74, 6) is -0.704. The minimum absolute atomic E-state index is 0.0981. The van der Waals surface area contributed by atoms with Crippen LogP contribution in [0.2, 0.25) is 0 Å². The highest BCUT2D eigenvalue weighted by molar-refractivity contribution is 9.10. The fourth-order valence-electron chi connectivity index (χ4n) is 3.02. The number of halogens is 1. The first-order chi connectivity index (χ1) is 8.12. The van der Waals surface area contributed by atoms with E-state index in [9.17, 15) is 9.90 Å². The number of fused-ring (bicyclic) bond motifs is 2. The maximum absolute atomic E-state index is 11.7. The number of carboxylic acid groups (broad SMARTS) is 1. The van der Waals surface area contributed by atoms with Gasteiger partial charge in [-0.1, -0.05) is 0 Å². The van der Waals surface area contributed by atoms with Crippen molar-refractivity contribution in [2.75, 3.05) is 0 Å². The lowest BCUT2D eigenvalue weighted by molar-refractivity contribution is -0.152. The van der Waals surface area contributed by atoms with Crippen molar-refractivity contribution >= 4 is 33.2 Å². The molecule has 3 heterocycles. The maximum atomic E-state index is 11.7. The first kappa shape index (κ1) is 11.7. The summed E-state index contributed by atoms with van der Waals surface area (Å²) in [6, 6.07) is 1.98. The lowest BCUT2D eigenvalue weighted by Crippen LogP contribution is -2.42. The first-order valence-corrected chi connectivity index (χ1v) is 7.40. The molecule has 1 N–H and O–H groups in total. The van der Waals surface area contributed by atoms with E-state index in [0.717, 1.165) is 22.2 Å². The zero-order chi connectivity index (χ0) is 12.0. The Kier molecular flexibility index (Phi) is 2.80. The van der Waals surface area contributed by atoms with Gasteiger partial charge in [-0.25, -0.2) is 0 Å². The third-order valence-electron chi connectivity index (χ3n) is 3.91. The Labute approximate surface area is 112 Å². The van der Waals surface area contributed by atoms with Crippen molar-refractivity contribution in [1.29, 1.82) is 0 Å². The van der Waals surface area contributed by atoms with Crippen LogP contribution in [-0.4, -0.2) is 23.3 Å². The zero-order valence-electron chi connectivity index (χ0n) is 9.19. The van der Waals surface area contributed by atoms with Crippen LogP contribution in [0.5, 0.6) is 0 Å². The molecule has 0 radical (unpaired) electrons. The molecule has 1 aromatic heterocycles. The number of aliphatic carboxylic acids is 1. The number of hydrogen-bond donors (Lipinski definition) is 1. The molecule has 0 amide bonds. The normalized spacial score (nSPS) is 35.4. The molecular weight excluding hydrogens is 304 g/mol. The van der Waals surface area contributed by atoms with Gasteiger partial charge in [-0.05, 0) is 46.6 Å². The van der Waals surface area contributed by atoms with Crippen molar-refractivity contribution in [2.45, 2.75) is 37.9 Å². The number of carboxylic acids is 1. The Morgan fingerprint density at radius 2 is 2.47 bits per heavy atom. The summed E-state index contributed by atoms with van der Waals surface area (Å²) in [6.07, 6.45) is 3.22. The van der Waals surface area contributed by atoms with Crippen LogP contribution in [0.25, 0.3) is 0 Å². The monoisotopic (exact) mass is 316 g/mol. The van der Waals surface area contributed by atoms with Crippen LogP contribution < -0.4 is 0 Å². The summed E-state index contributed by atoms with van der Waals surface area (Å²) < 4.78 is 6.77. The number of rotatable bonds is 3. The molecule has 2 saturated heterocycles. The average molecular weight is 317 g/mol. The second-order valence-electron chi connectivity index (χ2n) is 4.86. The molecule has 3 rings (SSSR count). The predicted molar refractivity (Wildman–Crippen MR) is 68.3 cm³/mol. The first-order valence-electron chi connectivity index (χ1n) is 5.72. The summed E-state index contributed by atoms with van der Waals surface area (Å²) in [5.41, 5.74) is -0.698. The van der Waals surface area contributed by atoms with Gasteiger partial charge in [0.1, 0.15) is 5.41 Å². The topological polar surface area (TPSA) is 46.5 Å². The number of carbonyl (C=O) groups is 1. The Bertz CT molecular complexity index is 458. The molecule has 3 nitrogen and oxygen atoms in total. The van der Waals surface area contributed by atoms with Crippen LogP contribution in [0.15, 0.2) is 15.9 Å². The van der Waals surface area contributed by atoms with Crippen molar-refractivity contribution in [2.24, 2.45) is 5.41 Å². The van der Waals surface area contributed by atoms with Gasteiger partial charge in [0.05, 0.1) is 12.2 Å². The highest BCUT2D eigenvalue weighted by Crippen LogP contribution is 2.50. The van der Waals surface area contributed by atoms with Crippen molar-refractivity contribution in [3.8, 4) is 0 Å². The Balaban J connectivity index is 1.92. The maximum Gasteiger partial charge on any atom is 0.312 e. The molecule has 0 spiro atoms. The van der Waals surface area contributed by atoms with Gasteiger partial charge in [-0.2, -0.15) is 0 Å². The number of ether oxygens (including phenoxy) is 1. The van der Waals surface area contributed by atoms with Crippen molar-refractivity contribution < 1.29 is 14.6 Å². The Morgan fingerprint density at radius 1 is 1.65 bits per heavy atom. The molecule has 2 fully saturated rings. The minimum Gasteiger partial charge on any atom is -0.481 e. The van der Waals surface area contributed by atoms with Crippen molar-refractivity contribution in [3.05, 3.63) is 20.8 Å². The Morgan fingerprint density at radius 3 is 2.94 bits per heavy atom. The van der Waals surface area contributed by atoms with Gasteiger partial charge < -0.3 is 9.84 Å². The summed E-state index contributed by atoms with van der Waals surface area (Å²) in [4.78, 5) is 12.8. The van der Waals surface area contributed by atoms with Gasteiger partial charge in [0.25, 0.3) is 0 Å². The van der Waals surface area contributed by atoms with Gasteiger partial charge in [-0.15, -0.1) is 11.3 Å². The van der Waals surface area contributed by atoms with E-state index in [4.69, 9.17) is 4.74 Å². The van der Waals surface area contributed by atoms with E-state index in [1.165, 1.54) is 0 Å². The molecule has 0 aliphatic carbocycles. The SMILES string of the molecule is O=C(O)C1(Cc2sccc2Br)CC2CCC1O2. The molecule has 92 valence electrons. The van der Waals surface area contributed by atoms with Crippen LogP contribution >= 0.6 is 27.3 Å². The van der Waals surface area contributed by atoms with Gasteiger partial charge in [0, 0.05) is 15.8 Å². The van der Waals surface area contributed by atoms with Gasteiger partial charge >= 0.3 is 5.97 Å². The third-order valence-corrected chi connectivity index (χ3v) is 5.84. The van der Waals surface area contributed by atoms with Gasteiger partial charge in [0.15, 0.2) is 0 Å². The van der Waals surface area contributed by atoms with Crippen LogP contribution in [0.4, 0.5) is 0 Å². The minimum atomic E-state index is -0.704. The molecule has 0 saturated carbocycles. The van der Waals surface area contributed by atoms with E-state index < -0.39 is 11.4 Å². The third kappa shape index (κ3) is 1.75. The van der Waals surface area contributed by atoms with Crippen LogP contribution in [0.1, 0.15) is 24.1 Å². The van der Waals surface area contributed by atoms with E-state index in [-0.39, 0.29) is 12.2 Å². The largest absolute Gasteiger partial charge is 0.481 e. The lowest BCUT2D eigenvalue weighted by Gasteiger charge is -2.30. The number of hydrogen-bond acceptors (Lipinski definition) is 3. The molecule has 0 aromatic carbocycles. The summed E-state index contributed by atoms with van der Waals surface area (Å²) >= 11 is 5.09. The predicted octanol–water partition coefficient (Wildman–Crippen LogP) is 3.08. The molecule has 2 aliphatic heterocycles. The second-order valence-corrected chi connectivity index (χ2v) is 6.71. The molecular formula is C12H13BrO3S. The van der Waals surface area contributed by atoms with E-state index in [2.05, 4.69) is 15.9 Å². The quantitative estimate of drug-likeness (QED) is 0.932. The molecule has 3 unspecified atom stereocenters. The Hall–Kier alpha value is -0.390. The van der Waals surface area contributed by atoms with Gasteiger partial charge in [-0.3, -0.25) is 4.79 Å². The molecule has 3 atom stereocenters. The van der Waals surface area contributed by atoms with Crippen molar-refractivity contribution in [3.63, 3.8) is 0 Å². The number of thiophene rings is 1. The van der Waals surface area contributed by atoms with Crippen molar-refractivity contribution in [1.82, 2.24) is 0 Å². The summed E-state index contributed by atoms with van der Waals surface area (Å²) in [5, 5.41) is 11.6. The highest BCUT2D eigenvalue weighted by atomic mass is 79.9. The summed E-state index contributed by atoms with van der Waals surface area (Å²) in [6.45, 7) is 0. The fourth-order valence-corrected chi connectivity index (χ4v) is 4.64.